The predicted octanol–water partition coefficient (Wildman–Crippen LogP) is 3.03. The van der Waals surface area contributed by atoms with Gasteiger partial charge >= 0.3 is 0 Å². The number of aromatic hydroxyl groups is 1. The van der Waals surface area contributed by atoms with Crippen LogP contribution in [0.5, 0.6) is 5.75 Å². The normalized spacial score (nSPS) is 10.4. The molecule has 2 N–H and O–H groups in total. The number of hydrogen-bond donors (Lipinski definition) is 2. The summed E-state index contributed by atoms with van der Waals surface area (Å²) in [5, 5.41) is 12.8. The molecule has 0 unspecified atom stereocenters. The molecule has 0 bridgehead atoms. The standard InChI is InChI=1S/C13H14N2O2S/c1-7-6-10(4-5-11(7)16)12(17)15-13-14-8(2)9(3)18-13/h4-6,16H,1-3H3,(H,14,15,17). The van der Waals surface area contributed by atoms with Gasteiger partial charge in [0.05, 0.1) is 5.69 Å². The van der Waals surface area contributed by atoms with E-state index in [2.05, 4.69) is 10.3 Å². The first kappa shape index (κ1) is 12.6. The van der Waals surface area contributed by atoms with Crippen LogP contribution in [0.3, 0.4) is 0 Å². The van der Waals surface area contributed by atoms with Gasteiger partial charge in [-0.2, -0.15) is 0 Å². The number of anilines is 1. The van der Waals surface area contributed by atoms with E-state index in [1.165, 1.54) is 17.4 Å². The van der Waals surface area contributed by atoms with Crippen LogP contribution in [-0.2, 0) is 0 Å². The molecule has 0 radical (unpaired) electrons. The highest BCUT2D eigenvalue weighted by Crippen LogP contribution is 2.22. The van der Waals surface area contributed by atoms with Gasteiger partial charge in [-0.15, -0.1) is 11.3 Å². The number of phenolic OH excluding ortho intramolecular Hbond substituents is 1. The molecule has 0 aliphatic carbocycles. The van der Waals surface area contributed by atoms with Crippen molar-refractivity contribution in [3.8, 4) is 5.75 Å². The minimum absolute atomic E-state index is 0.187. The molecule has 1 amide bonds. The topological polar surface area (TPSA) is 62.2 Å². The number of carbonyl (C=O) groups is 1. The number of nitrogens with zero attached hydrogens (tertiary/aromatic N) is 1. The molecule has 1 heterocycles. The summed E-state index contributed by atoms with van der Waals surface area (Å²) in [6, 6.07) is 4.76. The van der Waals surface area contributed by atoms with Gasteiger partial charge in [0.25, 0.3) is 5.91 Å². The molecular formula is C13H14N2O2S. The van der Waals surface area contributed by atoms with Crippen LogP contribution in [0.4, 0.5) is 5.13 Å². The van der Waals surface area contributed by atoms with Crippen molar-refractivity contribution in [1.82, 2.24) is 4.98 Å². The lowest BCUT2D eigenvalue weighted by Gasteiger charge is -2.04. The van der Waals surface area contributed by atoms with Crippen molar-refractivity contribution in [3.63, 3.8) is 0 Å². The van der Waals surface area contributed by atoms with Crippen molar-refractivity contribution >= 4 is 22.4 Å². The number of phenols is 1. The first-order valence-corrected chi connectivity index (χ1v) is 6.34. The average Bonchev–Trinajstić information content (AvgIpc) is 2.61. The fourth-order valence-corrected chi connectivity index (χ4v) is 2.30. The SMILES string of the molecule is Cc1cc(C(=O)Nc2nc(C)c(C)s2)ccc1O. The Morgan fingerprint density at radius 2 is 2.06 bits per heavy atom. The zero-order valence-electron chi connectivity index (χ0n) is 10.4. The van der Waals surface area contributed by atoms with Gasteiger partial charge in [0, 0.05) is 10.4 Å². The molecular weight excluding hydrogens is 248 g/mol. The van der Waals surface area contributed by atoms with E-state index in [4.69, 9.17) is 0 Å². The Bertz CT molecular complexity index is 586. The molecule has 2 rings (SSSR count). The first-order chi connectivity index (χ1) is 8.47. The van der Waals surface area contributed by atoms with Gasteiger partial charge in [0.15, 0.2) is 5.13 Å². The summed E-state index contributed by atoms with van der Waals surface area (Å²) >= 11 is 1.45. The van der Waals surface area contributed by atoms with Crippen LogP contribution >= 0.6 is 11.3 Å². The van der Waals surface area contributed by atoms with Gasteiger partial charge < -0.3 is 5.11 Å². The minimum atomic E-state index is -0.216. The molecule has 94 valence electrons. The lowest BCUT2D eigenvalue weighted by molar-refractivity contribution is 0.102. The summed E-state index contributed by atoms with van der Waals surface area (Å²) in [6.45, 7) is 5.63. The smallest absolute Gasteiger partial charge is 0.257 e. The number of aromatic nitrogens is 1. The molecule has 2 aromatic rings. The van der Waals surface area contributed by atoms with E-state index in [0.717, 1.165) is 10.6 Å². The van der Waals surface area contributed by atoms with Crippen molar-refractivity contribution in [3.05, 3.63) is 39.9 Å². The molecule has 0 spiro atoms. The molecule has 0 aliphatic rings. The van der Waals surface area contributed by atoms with Crippen LogP contribution < -0.4 is 5.32 Å². The molecule has 0 saturated heterocycles. The number of aryl methyl sites for hydroxylation is 3. The molecule has 1 aromatic carbocycles. The zero-order valence-corrected chi connectivity index (χ0v) is 11.3. The largest absolute Gasteiger partial charge is 0.508 e. The second kappa shape index (κ2) is 4.78. The highest BCUT2D eigenvalue weighted by molar-refractivity contribution is 7.15. The lowest BCUT2D eigenvalue weighted by atomic mass is 10.1. The number of amides is 1. The summed E-state index contributed by atoms with van der Waals surface area (Å²) < 4.78 is 0. The Morgan fingerprint density at radius 1 is 1.33 bits per heavy atom. The Labute approximate surface area is 109 Å². The van der Waals surface area contributed by atoms with Crippen LogP contribution in [0.15, 0.2) is 18.2 Å². The maximum absolute atomic E-state index is 12.0. The van der Waals surface area contributed by atoms with E-state index in [9.17, 15) is 9.90 Å². The Morgan fingerprint density at radius 3 is 2.61 bits per heavy atom. The summed E-state index contributed by atoms with van der Waals surface area (Å²) in [5.41, 5.74) is 2.11. The van der Waals surface area contributed by atoms with Crippen molar-refractivity contribution in [1.29, 1.82) is 0 Å². The van der Waals surface area contributed by atoms with Crippen molar-refractivity contribution < 1.29 is 9.90 Å². The predicted molar refractivity (Wildman–Crippen MR) is 72.4 cm³/mol. The third-order valence-corrected chi connectivity index (χ3v) is 3.70. The van der Waals surface area contributed by atoms with Gasteiger partial charge in [-0.05, 0) is 44.5 Å². The Kier molecular flexibility index (Phi) is 3.34. The summed E-state index contributed by atoms with van der Waals surface area (Å²) in [7, 11) is 0. The molecule has 0 aliphatic heterocycles. The van der Waals surface area contributed by atoms with E-state index >= 15 is 0 Å². The van der Waals surface area contributed by atoms with E-state index in [0.29, 0.717) is 16.3 Å². The molecule has 0 atom stereocenters. The highest BCUT2D eigenvalue weighted by Gasteiger charge is 2.11. The monoisotopic (exact) mass is 262 g/mol. The molecule has 0 saturated carbocycles. The number of thiazole rings is 1. The molecule has 1 aromatic heterocycles. The van der Waals surface area contributed by atoms with Gasteiger partial charge in [0.2, 0.25) is 0 Å². The fraction of sp³-hybridized carbons (Fsp3) is 0.231. The molecule has 5 heteroatoms. The number of carbonyl (C=O) groups excluding carboxylic acids is 1. The van der Waals surface area contributed by atoms with Gasteiger partial charge in [-0.3, -0.25) is 10.1 Å². The maximum atomic E-state index is 12.0. The van der Waals surface area contributed by atoms with Crippen LogP contribution in [0, 0.1) is 20.8 Å². The third kappa shape index (κ3) is 2.51. The minimum Gasteiger partial charge on any atom is -0.508 e. The van der Waals surface area contributed by atoms with E-state index < -0.39 is 0 Å². The van der Waals surface area contributed by atoms with Crippen molar-refractivity contribution in [2.75, 3.05) is 5.32 Å². The lowest BCUT2D eigenvalue weighted by Crippen LogP contribution is -2.11. The number of benzene rings is 1. The van der Waals surface area contributed by atoms with E-state index in [1.54, 1.807) is 19.1 Å². The van der Waals surface area contributed by atoms with E-state index in [1.807, 2.05) is 13.8 Å². The van der Waals surface area contributed by atoms with Gasteiger partial charge in [-0.1, -0.05) is 0 Å². The van der Waals surface area contributed by atoms with Crippen molar-refractivity contribution in [2.45, 2.75) is 20.8 Å². The molecule has 0 fully saturated rings. The maximum Gasteiger partial charge on any atom is 0.257 e. The number of hydrogen-bond acceptors (Lipinski definition) is 4. The third-order valence-electron chi connectivity index (χ3n) is 2.71. The summed E-state index contributed by atoms with van der Waals surface area (Å²) in [5.74, 6) is -0.0284. The van der Waals surface area contributed by atoms with E-state index in [-0.39, 0.29) is 11.7 Å². The van der Waals surface area contributed by atoms with Crippen molar-refractivity contribution in [2.24, 2.45) is 0 Å². The highest BCUT2D eigenvalue weighted by atomic mass is 32.1. The van der Waals surface area contributed by atoms with Crippen LogP contribution in [-0.4, -0.2) is 16.0 Å². The van der Waals surface area contributed by atoms with Gasteiger partial charge in [-0.25, -0.2) is 4.98 Å². The Hall–Kier alpha value is -1.88. The van der Waals surface area contributed by atoms with Crippen LogP contribution in [0.2, 0.25) is 0 Å². The zero-order chi connectivity index (χ0) is 13.3. The first-order valence-electron chi connectivity index (χ1n) is 5.52. The molecule has 4 nitrogen and oxygen atoms in total. The number of nitrogens with one attached hydrogen (secondary N) is 1. The Balaban J connectivity index is 2.19. The van der Waals surface area contributed by atoms with Crippen LogP contribution in [0.1, 0.15) is 26.5 Å². The second-order valence-electron chi connectivity index (χ2n) is 4.12. The summed E-state index contributed by atoms with van der Waals surface area (Å²) in [4.78, 5) is 17.3. The second-order valence-corrected chi connectivity index (χ2v) is 5.32. The molecule has 18 heavy (non-hydrogen) atoms. The van der Waals surface area contributed by atoms with Gasteiger partial charge in [0.1, 0.15) is 5.75 Å². The summed E-state index contributed by atoms with van der Waals surface area (Å²) in [6.07, 6.45) is 0. The quantitative estimate of drug-likeness (QED) is 0.874. The fourth-order valence-electron chi connectivity index (χ4n) is 1.49. The van der Waals surface area contributed by atoms with Crippen LogP contribution in [0.25, 0.3) is 0 Å². The number of rotatable bonds is 2. The average molecular weight is 262 g/mol.